The minimum absolute atomic E-state index is 0. The number of benzene rings is 1. The number of guanidine groups is 1. The summed E-state index contributed by atoms with van der Waals surface area (Å²) >= 11 is 0. The summed E-state index contributed by atoms with van der Waals surface area (Å²) < 4.78 is 12.9. The molecule has 0 aliphatic carbocycles. The first-order chi connectivity index (χ1) is 12.7. The van der Waals surface area contributed by atoms with Gasteiger partial charge >= 0.3 is 0 Å². The lowest BCUT2D eigenvalue weighted by molar-refractivity contribution is 0.281. The Morgan fingerprint density at radius 2 is 1.81 bits per heavy atom. The highest BCUT2D eigenvalue weighted by Crippen LogP contribution is 2.16. The Bertz CT molecular complexity index is 648. The predicted molar refractivity (Wildman–Crippen MR) is 117 cm³/mol. The van der Waals surface area contributed by atoms with E-state index in [2.05, 4.69) is 25.4 Å². The fraction of sp³-hybridized carbons (Fsp3) is 0.500. The summed E-state index contributed by atoms with van der Waals surface area (Å²) in [7, 11) is 5.45. The van der Waals surface area contributed by atoms with Gasteiger partial charge in [0.15, 0.2) is 5.96 Å². The number of nitrogens with zero attached hydrogens (tertiary/aromatic N) is 5. The molecule has 1 heterocycles. The molecule has 1 N–H and O–H groups in total. The van der Waals surface area contributed by atoms with Crippen molar-refractivity contribution in [1.82, 2.24) is 25.0 Å². The summed E-state index contributed by atoms with van der Waals surface area (Å²) in [6.07, 6.45) is 5.59. The van der Waals surface area contributed by atoms with Crippen LogP contribution in [0, 0.1) is 0 Å². The molecule has 9 heteroatoms. The van der Waals surface area contributed by atoms with Crippen LogP contribution in [0.1, 0.15) is 12.8 Å². The topological polar surface area (TPSA) is 76.8 Å². The van der Waals surface area contributed by atoms with Crippen molar-refractivity contribution in [2.24, 2.45) is 4.99 Å². The quantitative estimate of drug-likeness (QED) is 0.239. The van der Waals surface area contributed by atoms with Crippen molar-refractivity contribution in [3.05, 3.63) is 36.9 Å². The number of ether oxygens (including phenoxy) is 2. The van der Waals surface area contributed by atoms with Crippen molar-refractivity contribution >= 4 is 29.9 Å². The number of aryl methyl sites for hydroxylation is 1. The Hall–Kier alpha value is -2.04. The number of hydrogen-bond acceptors (Lipinski definition) is 5. The minimum Gasteiger partial charge on any atom is -0.497 e. The molecule has 0 atom stereocenters. The van der Waals surface area contributed by atoms with Crippen LogP contribution >= 0.6 is 24.0 Å². The molecule has 2 rings (SSSR count). The van der Waals surface area contributed by atoms with Crippen LogP contribution in [0.4, 0.5) is 0 Å². The van der Waals surface area contributed by atoms with Crippen LogP contribution in [-0.4, -0.2) is 66.5 Å². The van der Waals surface area contributed by atoms with Crippen LogP contribution in [0.25, 0.3) is 0 Å². The number of likely N-dealkylation sites (N-methyl/N-ethyl adjacent to an activating group) is 1. The van der Waals surface area contributed by atoms with Gasteiger partial charge in [0.2, 0.25) is 0 Å². The van der Waals surface area contributed by atoms with Gasteiger partial charge in [0.1, 0.15) is 30.8 Å². The van der Waals surface area contributed by atoms with Gasteiger partial charge in [0, 0.05) is 27.2 Å². The first kappa shape index (κ1) is 23.0. The van der Waals surface area contributed by atoms with E-state index in [9.17, 15) is 0 Å². The summed E-state index contributed by atoms with van der Waals surface area (Å²) in [5.74, 6) is 2.52. The van der Waals surface area contributed by atoms with E-state index in [4.69, 9.17) is 9.47 Å². The number of nitrogens with one attached hydrogen (secondary N) is 1. The van der Waals surface area contributed by atoms with Gasteiger partial charge in [-0.2, -0.15) is 0 Å². The van der Waals surface area contributed by atoms with E-state index in [1.54, 1.807) is 26.8 Å². The molecule has 0 amide bonds. The number of unbranched alkanes of at least 4 members (excludes halogenated alkanes) is 1. The minimum atomic E-state index is 0. The van der Waals surface area contributed by atoms with E-state index < -0.39 is 0 Å². The maximum Gasteiger partial charge on any atom is 0.193 e. The highest BCUT2D eigenvalue weighted by Gasteiger charge is 2.05. The number of rotatable bonds is 10. The lowest BCUT2D eigenvalue weighted by Gasteiger charge is -2.22. The predicted octanol–water partition coefficient (Wildman–Crippen LogP) is 2.27. The van der Waals surface area contributed by atoms with Gasteiger partial charge in [0.05, 0.1) is 13.7 Å². The third kappa shape index (κ3) is 8.46. The molecule has 0 saturated heterocycles. The SMILES string of the molecule is CN=C(NCCCCn1cnnc1)N(C)CCOc1ccc(OC)cc1.I. The molecule has 0 aliphatic heterocycles. The summed E-state index contributed by atoms with van der Waals surface area (Å²) in [4.78, 5) is 6.38. The lowest BCUT2D eigenvalue weighted by atomic mass is 10.3. The van der Waals surface area contributed by atoms with E-state index in [1.807, 2.05) is 35.9 Å². The zero-order chi connectivity index (χ0) is 18.6. The van der Waals surface area contributed by atoms with Crippen LogP contribution in [0.5, 0.6) is 11.5 Å². The smallest absolute Gasteiger partial charge is 0.193 e. The molecule has 1 aromatic carbocycles. The van der Waals surface area contributed by atoms with Crippen LogP contribution in [0.15, 0.2) is 41.9 Å². The molecular weight excluding hydrogens is 459 g/mol. The molecule has 0 fully saturated rings. The van der Waals surface area contributed by atoms with Crippen LogP contribution in [0.3, 0.4) is 0 Å². The highest BCUT2D eigenvalue weighted by molar-refractivity contribution is 14.0. The Labute approximate surface area is 178 Å². The molecule has 0 spiro atoms. The molecular formula is C18H29IN6O2. The van der Waals surface area contributed by atoms with Crippen molar-refractivity contribution in [3.63, 3.8) is 0 Å². The maximum absolute atomic E-state index is 5.76. The second-order valence-corrected chi connectivity index (χ2v) is 5.83. The Morgan fingerprint density at radius 1 is 1.15 bits per heavy atom. The lowest BCUT2D eigenvalue weighted by Crippen LogP contribution is -2.41. The van der Waals surface area contributed by atoms with Crippen LogP contribution in [-0.2, 0) is 6.54 Å². The third-order valence-electron chi connectivity index (χ3n) is 3.92. The fourth-order valence-electron chi connectivity index (χ4n) is 2.42. The first-order valence-electron chi connectivity index (χ1n) is 8.74. The second kappa shape index (κ2) is 13.2. The zero-order valence-corrected chi connectivity index (χ0v) is 18.5. The standard InChI is InChI=1S/C18H28N6O2.HI/c1-19-18(20-10-4-5-11-24-14-21-22-15-24)23(2)12-13-26-17-8-6-16(25-3)7-9-17;/h6-9,14-15H,4-5,10-13H2,1-3H3,(H,19,20);1H. The molecule has 0 radical (unpaired) electrons. The van der Waals surface area contributed by atoms with Gasteiger partial charge < -0.3 is 24.3 Å². The third-order valence-corrected chi connectivity index (χ3v) is 3.92. The summed E-state index contributed by atoms with van der Waals surface area (Å²) in [5.41, 5.74) is 0. The summed E-state index contributed by atoms with van der Waals surface area (Å²) in [6, 6.07) is 7.59. The van der Waals surface area contributed by atoms with Crippen molar-refractivity contribution in [1.29, 1.82) is 0 Å². The maximum atomic E-state index is 5.76. The molecule has 0 bridgehead atoms. The number of aliphatic imine (C=N–C) groups is 1. The monoisotopic (exact) mass is 488 g/mol. The fourth-order valence-corrected chi connectivity index (χ4v) is 2.42. The van der Waals surface area contributed by atoms with E-state index in [-0.39, 0.29) is 24.0 Å². The van der Waals surface area contributed by atoms with Gasteiger partial charge in [-0.05, 0) is 37.1 Å². The van der Waals surface area contributed by atoms with Gasteiger partial charge in [-0.15, -0.1) is 34.2 Å². The van der Waals surface area contributed by atoms with Crippen molar-refractivity contribution in [3.8, 4) is 11.5 Å². The van der Waals surface area contributed by atoms with Gasteiger partial charge in [-0.25, -0.2) is 0 Å². The highest BCUT2D eigenvalue weighted by atomic mass is 127. The molecule has 27 heavy (non-hydrogen) atoms. The molecule has 0 aliphatic rings. The van der Waals surface area contributed by atoms with Crippen molar-refractivity contribution < 1.29 is 9.47 Å². The van der Waals surface area contributed by atoms with E-state index in [0.717, 1.165) is 49.9 Å². The zero-order valence-electron chi connectivity index (χ0n) is 16.2. The largest absolute Gasteiger partial charge is 0.497 e. The van der Waals surface area contributed by atoms with Crippen LogP contribution < -0.4 is 14.8 Å². The van der Waals surface area contributed by atoms with Gasteiger partial charge in [-0.1, -0.05) is 0 Å². The normalized spacial score (nSPS) is 10.9. The number of aromatic nitrogens is 3. The average Bonchev–Trinajstić information content (AvgIpc) is 3.18. The molecule has 0 unspecified atom stereocenters. The van der Waals surface area contributed by atoms with Gasteiger partial charge in [-0.3, -0.25) is 4.99 Å². The molecule has 1 aromatic heterocycles. The van der Waals surface area contributed by atoms with E-state index in [0.29, 0.717) is 6.61 Å². The van der Waals surface area contributed by atoms with Crippen LogP contribution in [0.2, 0.25) is 0 Å². The number of methoxy groups -OCH3 is 1. The Morgan fingerprint density at radius 3 is 2.44 bits per heavy atom. The van der Waals surface area contributed by atoms with E-state index >= 15 is 0 Å². The Balaban J connectivity index is 0.00000364. The summed E-state index contributed by atoms with van der Waals surface area (Å²) in [6.45, 7) is 3.13. The molecule has 8 nitrogen and oxygen atoms in total. The summed E-state index contributed by atoms with van der Waals surface area (Å²) in [5, 5.41) is 11.0. The van der Waals surface area contributed by atoms with Gasteiger partial charge in [0.25, 0.3) is 0 Å². The van der Waals surface area contributed by atoms with Crippen molar-refractivity contribution in [2.75, 3.05) is 40.9 Å². The number of hydrogen-bond donors (Lipinski definition) is 1. The first-order valence-corrected chi connectivity index (χ1v) is 8.74. The second-order valence-electron chi connectivity index (χ2n) is 5.83. The number of halogens is 1. The van der Waals surface area contributed by atoms with E-state index in [1.165, 1.54) is 0 Å². The molecule has 0 saturated carbocycles. The molecule has 2 aromatic rings. The average molecular weight is 488 g/mol. The Kier molecular flexibility index (Phi) is 11.2. The van der Waals surface area contributed by atoms with Crippen molar-refractivity contribution in [2.45, 2.75) is 19.4 Å². The molecule has 150 valence electrons.